The summed E-state index contributed by atoms with van der Waals surface area (Å²) in [5, 5.41) is 10.8. The van der Waals surface area contributed by atoms with E-state index in [9.17, 15) is 19.3 Å². The van der Waals surface area contributed by atoms with E-state index in [1.54, 1.807) is 6.07 Å². The fraction of sp³-hybridized carbons (Fsp3) is 0.0714. The maximum Gasteiger partial charge on any atom is 0.311 e. The SMILES string of the molecule is CC(=O)c1ccc(Oc2ccccc2[N+](=O)[O-])cc1F. The smallest absolute Gasteiger partial charge is 0.311 e. The Kier molecular flexibility index (Phi) is 3.74. The van der Waals surface area contributed by atoms with Gasteiger partial charge in [0, 0.05) is 12.1 Å². The van der Waals surface area contributed by atoms with Gasteiger partial charge >= 0.3 is 5.69 Å². The number of hydrogen-bond donors (Lipinski definition) is 0. The highest BCUT2D eigenvalue weighted by Gasteiger charge is 2.15. The third-order valence-corrected chi connectivity index (χ3v) is 2.61. The minimum Gasteiger partial charge on any atom is -0.450 e. The number of carbonyl (C=O) groups excluding carboxylic acids is 1. The molecule has 0 bridgehead atoms. The number of hydrogen-bond acceptors (Lipinski definition) is 4. The molecule has 0 unspecified atom stereocenters. The summed E-state index contributed by atoms with van der Waals surface area (Å²) in [5.74, 6) is -1.04. The average molecular weight is 275 g/mol. The molecule has 102 valence electrons. The van der Waals surface area contributed by atoms with Gasteiger partial charge in [-0.15, -0.1) is 0 Å². The van der Waals surface area contributed by atoms with Crippen LogP contribution in [0.1, 0.15) is 17.3 Å². The minimum atomic E-state index is -0.728. The molecule has 6 heteroatoms. The van der Waals surface area contributed by atoms with Crippen LogP contribution in [0.2, 0.25) is 0 Å². The van der Waals surface area contributed by atoms with Gasteiger partial charge in [-0.3, -0.25) is 14.9 Å². The first-order valence-electron chi connectivity index (χ1n) is 5.71. The van der Waals surface area contributed by atoms with Crippen molar-refractivity contribution in [3.63, 3.8) is 0 Å². The normalized spacial score (nSPS) is 10.1. The number of Topliss-reactive ketones (excluding diaryl/α,β-unsaturated/α-hetero) is 1. The number of nitrogens with zero attached hydrogens (tertiary/aromatic N) is 1. The van der Waals surface area contributed by atoms with Gasteiger partial charge in [-0.2, -0.15) is 0 Å². The first-order chi connectivity index (χ1) is 9.49. The predicted octanol–water partition coefficient (Wildman–Crippen LogP) is 3.73. The van der Waals surface area contributed by atoms with E-state index in [-0.39, 0.29) is 22.7 Å². The Morgan fingerprint density at radius 2 is 1.95 bits per heavy atom. The fourth-order valence-electron chi connectivity index (χ4n) is 1.67. The number of ether oxygens (including phenoxy) is 1. The third-order valence-electron chi connectivity index (χ3n) is 2.61. The van der Waals surface area contributed by atoms with Gasteiger partial charge in [0.05, 0.1) is 10.5 Å². The zero-order chi connectivity index (χ0) is 14.7. The molecule has 0 heterocycles. The number of ketones is 1. The lowest BCUT2D eigenvalue weighted by Gasteiger charge is -2.07. The van der Waals surface area contributed by atoms with Gasteiger partial charge in [0.1, 0.15) is 11.6 Å². The molecule has 0 N–H and O–H groups in total. The molecule has 0 saturated heterocycles. The van der Waals surface area contributed by atoms with Gasteiger partial charge in [-0.05, 0) is 25.1 Å². The molecule has 0 aliphatic rings. The molecule has 0 saturated carbocycles. The van der Waals surface area contributed by atoms with Crippen molar-refractivity contribution in [1.82, 2.24) is 0 Å². The van der Waals surface area contributed by atoms with Crippen molar-refractivity contribution in [1.29, 1.82) is 0 Å². The Morgan fingerprint density at radius 1 is 1.25 bits per heavy atom. The summed E-state index contributed by atoms with van der Waals surface area (Å²) in [4.78, 5) is 21.4. The molecule has 0 radical (unpaired) electrons. The van der Waals surface area contributed by atoms with E-state index in [1.165, 1.54) is 37.3 Å². The van der Waals surface area contributed by atoms with Crippen LogP contribution in [0, 0.1) is 15.9 Å². The second-order valence-corrected chi connectivity index (χ2v) is 4.02. The number of halogens is 1. The topological polar surface area (TPSA) is 69.4 Å². The summed E-state index contributed by atoms with van der Waals surface area (Å²) >= 11 is 0. The molecule has 5 nitrogen and oxygen atoms in total. The standard InChI is InChI=1S/C14H10FNO4/c1-9(17)11-7-6-10(8-12(11)15)20-14-5-3-2-4-13(14)16(18)19/h2-8H,1H3. The second kappa shape index (κ2) is 5.48. The average Bonchev–Trinajstić information content (AvgIpc) is 2.38. The van der Waals surface area contributed by atoms with Crippen molar-refractivity contribution in [3.05, 3.63) is 64.0 Å². The molecule has 0 aliphatic heterocycles. The van der Waals surface area contributed by atoms with E-state index in [1.807, 2.05) is 0 Å². The van der Waals surface area contributed by atoms with Crippen molar-refractivity contribution in [2.45, 2.75) is 6.92 Å². The van der Waals surface area contributed by atoms with Crippen LogP contribution in [0.5, 0.6) is 11.5 Å². The highest BCUT2D eigenvalue weighted by Crippen LogP contribution is 2.31. The molecule has 20 heavy (non-hydrogen) atoms. The van der Waals surface area contributed by atoms with Gasteiger partial charge in [-0.1, -0.05) is 12.1 Å². The summed E-state index contributed by atoms with van der Waals surface area (Å²) in [6.07, 6.45) is 0. The Bertz CT molecular complexity index is 685. The number of benzene rings is 2. The molecule has 2 aromatic rings. The lowest BCUT2D eigenvalue weighted by Crippen LogP contribution is -1.98. The molecule has 2 aromatic carbocycles. The first-order valence-corrected chi connectivity index (χ1v) is 5.71. The van der Waals surface area contributed by atoms with Crippen LogP contribution in [-0.4, -0.2) is 10.7 Å². The number of carbonyl (C=O) groups is 1. The van der Waals surface area contributed by atoms with Gasteiger partial charge in [-0.25, -0.2) is 4.39 Å². The molecule has 0 spiro atoms. The fourth-order valence-corrected chi connectivity index (χ4v) is 1.67. The van der Waals surface area contributed by atoms with E-state index < -0.39 is 16.5 Å². The third kappa shape index (κ3) is 2.80. The van der Waals surface area contributed by atoms with E-state index >= 15 is 0 Å². The second-order valence-electron chi connectivity index (χ2n) is 4.02. The zero-order valence-corrected chi connectivity index (χ0v) is 10.5. The van der Waals surface area contributed by atoms with Crippen molar-refractivity contribution in [2.75, 3.05) is 0 Å². The molecular weight excluding hydrogens is 265 g/mol. The molecule has 2 rings (SSSR count). The van der Waals surface area contributed by atoms with Gasteiger partial charge in [0.15, 0.2) is 5.78 Å². The summed E-state index contributed by atoms with van der Waals surface area (Å²) in [5.41, 5.74) is -0.275. The van der Waals surface area contributed by atoms with Crippen molar-refractivity contribution < 1.29 is 18.8 Å². The molecule has 0 fully saturated rings. The van der Waals surface area contributed by atoms with E-state index in [4.69, 9.17) is 4.74 Å². The van der Waals surface area contributed by atoms with Crippen LogP contribution in [0.15, 0.2) is 42.5 Å². The number of rotatable bonds is 4. The lowest BCUT2D eigenvalue weighted by molar-refractivity contribution is -0.385. The highest BCUT2D eigenvalue weighted by molar-refractivity contribution is 5.94. The van der Waals surface area contributed by atoms with Crippen LogP contribution >= 0.6 is 0 Å². The van der Waals surface area contributed by atoms with Crippen LogP contribution in [0.4, 0.5) is 10.1 Å². The maximum atomic E-state index is 13.6. The van der Waals surface area contributed by atoms with Gasteiger partial charge in [0.25, 0.3) is 0 Å². The van der Waals surface area contributed by atoms with Crippen molar-refractivity contribution in [2.24, 2.45) is 0 Å². The summed E-state index contributed by atoms with van der Waals surface area (Å²) < 4.78 is 18.9. The Morgan fingerprint density at radius 3 is 2.55 bits per heavy atom. The predicted molar refractivity (Wildman–Crippen MR) is 69.6 cm³/mol. The first kappa shape index (κ1) is 13.7. The van der Waals surface area contributed by atoms with Crippen LogP contribution in [-0.2, 0) is 0 Å². The highest BCUT2D eigenvalue weighted by atomic mass is 19.1. The largest absolute Gasteiger partial charge is 0.450 e. The Labute approximate surface area is 113 Å². The quantitative estimate of drug-likeness (QED) is 0.484. The van der Waals surface area contributed by atoms with E-state index in [2.05, 4.69) is 0 Å². The van der Waals surface area contributed by atoms with E-state index in [0.717, 1.165) is 6.07 Å². The summed E-state index contributed by atoms with van der Waals surface area (Å²) in [7, 11) is 0. The van der Waals surface area contributed by atoms with Gasteiger partial charge in [0.2, 0.25) is 5.75 Å². The van der Waals surface area contributed by atoms with Crippen LogP contribution in [0.3, 0.4) is 0 Å². The number of para-hydroxylation sites is 2. The van der Waals surface area contributed by atoms with E-state index in [0.29, 0.717) is 0 Å². The Hall–Kier alpha value is -2.76. The Balaban J connectivity index is 2.34. The maximum absolute atomic E-state index is 13.6. The molecule has 0 amide bonds. The molecule has 0 aromatic heterocycles. The summed E-state index contributed by atoms with van der Waals surface area (Å²) in [6.45, 7) is 1.25. The minimum absolute atomic E-state index is 0.00692. The molecule has 0 atom stereocenters. The van der Waals surface area contributed by atoms with Crippen LogP contribution < -0.4 is 4.74 Å². The lowest BCUT2D eigenvalue weighted by atomic mass is 10.1. The molecular formula is C14H10FNO4. The number of nitro benzene ring substituents is 1. The number of nitro groups is 1. The summed E-state index contributed by atoms with van der Waals surface area (Å²) in [6, 6.07) is 9.46. The monoisotopic (exact) mass is 275 g/mol. The van der Waals surface area contributed by atoms with Crippen molar-refractivity contribution in [3.8, 4) is 11.5 Å². The molecule has 0 aliphatic carbocycles. The van der Waals surface area contributed by atoms with Crippen molar-refractivity contribution >= 4 is 11.5 Å². The zero-order valence-electron chi connectivity index (χ0n) is 10.5. The van der Waals surface area contributed by atoms with Crippen LogP contribution in [0.25, 0.3) is 0 Å². The van der Waals surface area contributed by atoms with Gasteiger partial charge < -0.3 is 4.74 Å².